The highest BCUT2D eigenvalue weighted by Crippen LogP contribution is 2.06. The first kappa shape index (κ1) is 14.9. The third-order valence-corrected chi connectivity index (χ3v) is 4.30. The zero-order valence-corrected chi connectivity index (χ0v) is 11.4. The molecule has 17 heavy (non-hydrogen) atoms. The second kappa shape index (κ2) is 8.02. The maximum absolute atomic E-state index is 11.5. The molecule has 1 rings (SSSR count). The van der Waals surface area contributed by atoms with Crippen LogP contribution in [0.25, 0.3) is 0 Å². The summed E-state index contributed by atoms with van der Waals surface area (Å²) >= 11 is 0. The number of rotatable bonds is 8. The van der Waals surface area contributed by atoms with Gasteiger partial charge in [-0.15, -0.1) is 0 Å². The zero-order chi connectivity index (χ0) is 12.6. The molecule has 1 heterocycles. The first-order valence-corrected chi connectivity index (χ1v) is 8.09. The van der Waals surface area contributed by atoms with E-state index in [0.29, 0.717) is 19.6 Å². The fourth-order valence-electron chi connectivity index (χ4n) is 1.79. The molecule has 0 aliphatic carbocycles. The molecule has 0 unspecified atom stereocenters. The van der Waals surface area contributed by atoms with E-state index in [1.165, 1.54) is 0 Å². The zero-order valence-electron chi connectivity index (χ0n) is 10.6. The van der Waals surface area contributed by atoms with Gasteiger partial charge in [-0.1, -0.05) is 13.3 Å². The Morgan fingerprint density at radius 2 is 2.06 bits per heavy atom. The molecule has 0 radical (unpaired) electrons. The van der Waals surface area contributed by atoms with Crippen LogP contribution in [0.15, 0.2) is 0 Å². The summed E-state index contributed by atoms with van der Waals surface area (Å²) in [7, 11) is -3.09. The van der Waals surface area contributed by atoms with Crippen LogP contribution in [0.1, 0.15) is 32.6 Å². The van der Waals surface area contributed by atoms with Crippen LogP contribution in [-0.4, -0.2) is 46.5 Å². The standard InChI is InChI=1S/C11H24N2O3S/c1-2-3-10-17(14,15)13-8-9-16-11-4-6-12-7-5-11/h11-13H,2-10H2,1H3. The number of sulfonamides is 1. The first-order chi connectivity index (χ1) is 8.14. The number of nitrogens with one attached hydrogen (secondary N) is 2. The Hall–Kier alpha value is -0.170. The van der Waals surface area contributed by atoms with Crippen molar-refractivity contribution in [3.05, 3.63) is 0 Å². The van der Waals surface area contributed by atoms with E-state index in [1.54, 1.807) is 0 Å². The van der Waals surface area contributed by atoms with Gasteiger partial charge in [-0.05, 0) is 32.4 Å². The largest absolute Gasteiger partial charge is 0.377 e. The summed E-state index contributed by atoms with van der Waals surface area (Å²) in [5.41, 5.74) is 0. The Morgan fingerprint density at radius 1 is 1.35 bits per heavy atom. The third-order valence-electron chi connectivity index (χ3n) is 2.83. The van der Waals surface area contributed by atoms with Crippen molar-refractivity contribution in [2.24, 2.45) is 0 Å². The van der Waals surface area contributed by atoms with Gasteiger partial charge in [0, 0.05) is 6.54 Å². The van der Waals surface area contributed by atoms with Crippen molar-refractivity contribution in [2.45, 2.75) is 38.7 Å². The Labute approximate surface area is 104 Å². The summed E-state index contributed by atoms with van der Waals surface area (Å²) in [6.07, 6.45) is 3.93. The molecular weight excluding hydrogens is 240 g/mol. The minimum Gasteiger partial charge on any atom is -0.377 e. The lowest BCUT2D eigenvalue weighted by atomic mass is 10.1. The Kier molecular flexibility index (Phi) is 7.03. The minimum absolute atomic E-state index is 0.219. The summed E-state index contributed by atoms with van der Waals surface area (Å²) in [6, 6.07) is 0. The van der Waals surface area contributed by atoms with Gasteiger partial charge >= 0.3 is 0 Å². The molecule has 0 atom stereocenters. The molecular formula is C11H24N2O3S. The molecule has 1 fully saturated rings. The topological polar surface area (TPSA) is 67.4 Å². The molecule has 0 amide bonds. The second-order valence-electron chi connectivity index (χ2n) is 4.39. The Balaban J connectivity index is 2.06. The maximum Gasteiger partial charge on any atom is 0.211 e. The van der Waals surface area contributed by atoms with Crippen molar-refractivity contribution in [3.8, 4) is 0 Å². The lowest BCUT2D eigenvalue weighted by molar-refractivity contribution is 0.0367. The Morgan fingerprint density at radius 3 is 2.71 bits per heavy atom. The molecule has 0 saturated carbocycles. The highest BCUT2D eigenvalue weighted by Gasteiger charge is 2.13. The van der Waals surface area contributed by atoms with Gasteiger partial charge in [0.2, 0.25) is 10.0 Å². The molecule has 2 N–H and O–H groups in total. The first-order valence-electron chi connectivity index (χ1n) is 6.43. The molecule has 0 aromatic rings. The van der Waals surface area contributed by atoms with Gasteiger partial charge in [-0.25, -0.2) is 13.1 Å². The van der Waals surface area contributed by atoms with Gasteiger partial charge in [0.25, 0.3) is 0 Å². The van der Waals surface area contributed by atoms with Crippen LogP contribution in [0.2, 0.25) is 0 Å². The van der Waals surface area contributed by atoms with E-state index in [1.807, 2.05) is 6.92 Å². The van der Waals surface area contributed by atoms with E-state index < -0.39 is 10.0 Å². The third kappa shape index (κ3) is 6.98. The van der Waals surface area contributed by atoms with E-state index in [4.69, 9.17) is 4.74 Å². The van der Waals surface area contributed by atoms with Gasteiger partial charge in [0.15, 0.2) is 0 Å². The van der Waals surface area contributed by atoms with Gasteiger partial charge in [-0.3, -0.25) is 0 Å². The predicted molar refractivity (Wildman–Crippen MR) is 68.5 cm³/mol. The van der Waals surface area contributed by atoms with Gasteiger partial charge < -0.3 is 10.1 Å². The smallest absolute Gasteiger partial charge is 0.211 e. The van der Waals surface area contributed by atoms with Crippen molar-refractivity contribution in [1.82, 2.24) is 10.0 Å². The number of hydrogen-bond acceptors (Lipinski definition) is 4. The minimum atomic E-state index is -3.09. The molecule has 0 bridgehead atoms. The average molecular weight is 264 g/mol. The van der Waals surface area contributed by atoms with Crippen LogP contribution < -0.4 is 10.0 Å². The van der Waals surface area contributed by atoms with Crippen LogP contribution in [0.4, 0.5) is 0 Å². The van der Waals surface area contributed by atoms with Gasteiger partial charge in [-0.2, -0.15) is 0 Å². The van der Waals surface area contributed by atoms with Crippen LogP contribution in [0.3, 0.4) is 0 Å². The van der Waals surface area contributed by atoms with Crippen molar-refractivity contribution in [3.63, 3.8) is 0 Å². The predicted octanol–water partition coefficient (Wildman–Crippen LogP) is 0.475. The molecule has 0 aromatic carbocycles. The molecule has 0 spiro atoms. The number of piperidine rings is 1. The van der Waals surface area contributed by atoms with E-state index in [2.05, 4.69) is 10.0 Å². The quantitative estimate of drug-likeness (QED) is 0.626. The molecule has 5 nitrogen and oxygen atoms in total. The van der Waals surface area contributed by atoms with E-state index in [0.717, 1.165) is 32.4 Å². The molecule has 102 valence electrons. The molecule has 1 saturated heterocycles. The van der Waals surface area contributed by atoms with Crippen LogP contribution in [0.5, 0.6) is 0 Å². The van der Waals surface area contributed by atoms with Crippen molar-refractivity contribution in [2.75, 3.05) is 32.0 Å². The normalized spacial score (nSPS) is 18.4. The van der Waals surface area contributed by atoms with Crippen molar-refractivity contribution < 1.29 is 13.2 Å². The number of unbranched alkanes of at least 4 members (excludes halogenated alkanes) is 1. The fraction of sp³-hybridized carbons (Fsp3) is 1.00. The number of hydrogen-bond donors (Lipinski definition) is 2. The molecule has 6 heteroatoms. The summed E-state index contributed by atoms with van der Waals surface area (Å²) in [4.78, 5) is 0. The molecule has 1 aliphatic rings. The molecule has 1 aliphatic heterocycles. The van der Waals surface area contributed by atoms with Crippen molar-refractivity contribution in [1.29, 1.82) is 0 Å². The van der Waals surface area contributed by atoms with Gasteiger partial charge in [0.1, 0.15) is 0 Å². The summed E-state index contributed by atoms with van der Waals surface area (Å²) in [5.74, 6) is 0.219. The van der Waals surface area contributed by atoms with Crippen LogP contribution >= 0.6 is 0 Å². The van der Waals surface area contributed by atoms with E-state index >= 15 is 0 Å². The Bertz CT molecular complexity index is 287. The van der Waals surface area contributed by atoms with Gasteiger partial charge in [0.05, 0.1) is 18.5 Å². The second-order valence-corrected chi connectivity index (χ2v) is 6.31. The SMILES string of the molecule is CCCCS(=O)(=O)NCCOC1CCNCC1. The summed E-state index contributed by atoms with van der Waals surface area (Å²) < 4.78 is 31.1. The highest BCUT2D eigenvalue weighted by atomic mass is 32.2. The van der Waals surface area contributed by atoms with E-state index in [9.17, 15) is 8.42 Å². The summed E-state index contributed by atoms with van der Waals surface area (Å²) in [6.45, 7) is 4.82. The van der Waals surface area contributed by atoms with Crippen molar-refractivity contribution >= 4 is 10.0 Å². The summed E-state index contributed by atoms with van der Waals surface area (Å²) in [5, 5.41) is 3.26. The highest BCUT2D eigenvalue weighted by molar-refractivity contribution is 7.89. The molecule has 0 aromatic heterocycles. The number of ether oxygens (including phenoxy) is 1. The lowest BCUT2D eigenvalue weighted by Crippen LogP contribution is -2.35. The van der Waals surface area contributed by atoms with E-state index in [-0.39, 0.29) is 11.9 Å². The van der Waals surface area contributed by atoms with Crippen LogP contribution in [-0.2, 0) is 14.8 Å². The average Bonchev–Trinajstić information content (AvgIpc) is 2.34. The fourth-order valence-corrected chi connectivity index (χ4v) is 3.00. The maximum atomic E-state index is 11.5. The monoisotopic (exact) mass is 264 g/mol. The lowest BCUT2D eigenvalue weighted by Gasteiger charge is -2.22. The van der Waals surface area contributed by atoms with Crippen LogP contribution in [0, 0.1) is 0 Å².